The molecule has 0 atom stereocenters. The third kappa shape index (κ3) is 2.77. The number of ether oxygens (including phenoxy) is 2. The van der Waals surface area contributed by atoms with E-state index < -0.39 is 5.60 Å². The van der Waals surface area contributed by atoms with Crippen LogP contribution in [0, 0.1) is 0 Å². The fourth-order valence-electron chi connectivity index (χ4n) is 0.772. The summed E-state index contributed by atoms with van der Waals surface area (Å²) in [6.45, 7) is 7.09. The van der Waals surface area contributed by atoms with E-state index in [2.05, 4.69) is 0 Å². The summed E-state index contributed by atoms with van der Waals surface area (Å²) in [5.41, 5.74) is -0.890. The Morgan fingerprint density at radius 3 is 2.27 bits per heavy atom. The lowest BCUT2D eigenvalue weighted by Crippen LogP contribution is -2.54. The zero-order valence-corrected chi connectivity index (χ0v) is 7.39. The summed E-state index contributed by atoms with van der Waals surface area (Å²) in [5.74, 6) is 0. The average Bonchev–Trinajstić information content (AvgIpc) is 1.77. The van der Waals surface area contributed by atoms with Crippen LogP contribution in [0.4, 0.5) is 0 Å². The van der Waals surface area contributed by atoms with E-state index in [9.17, 15) is 5.11 Å². The summed E-state index contributed by atoms with van der Waals surface area (Å²) < 4.78 is 10.3. The quantitative estimate of drug-likeness (QED) is 0.641. The van der Waals surface area contributed by atoms with Gasteiger partial charge < -0.3 is 14.6 Å². The van der Waals surface area contributed by atoms with Crippen LogP contribution in [0.3, 0.4) is 0 Å². The molecule has 1 N–H and O–H groups in total. The average molecular weight is 160 g/mol. The van der Waals surface area contributed by atoms with Gasteiger partial charge >= 0.3 is 0 Å². The van der Waals surface area contributed by atoms with Crippen LogP contribution >= 0.6 is 0 Å². The van der Waals surface area contributed by atoms with Crippen molar-refractivity contribution in [1.82, 2.24) is 0 Å². The van der Waals surface area contributed by atoms with E-state index in [4.69, 9.17) is 9.47 Å². The molecule has 0 aromatic heterocycles. The number of aliphatic hydroxyl groups is 1. The van der Waals surface area contributed by atoms with Gasteiger partial charge in [-0.1, -0.05) is 0 Å². The third-order valence-corrected chi connectivity index (χ3v) is 1.52. The van der Waals surface area contributed by atoms with Crippen molar-refractivity contribution in [1.29, 1.82) is 0 Å². The molecule has 0 radical (unpaired) electrons. The van der Waals surface area contributed by atoms with Crippen LogP contribution in [0.2, 0.25) is 0 Å². The molecular formula is C8H16O3. The van der Waals surface area contributed by atoms with E-state index in [1.54, 1.807) is 0 Å². The molecule has 0 aliphatic carbocycles. The lowest BCUT2D eigenvalue weighted by atomic mass is 10.0. The zero-order chi connectivity index (χ0) is 8.54. The smallest absolute Gasteiger partial charge is 0.134 e. The number of rotatable bonds is 2. The summed E-state index contributed by atoms with van der Waals surface area (Å²) in [6, 6.07) is 0. The van der Waals surface area contributed by atoms with Crippen LogP contribution in [0.15, 0.2) is 0 Å². The molecule has 0 aromatic carbocycles. The van der Waals surface area contributed by atoms with Gasteiger partial charge in [-0.05, 0) is 20.8 Å². The molecule has 1 rings (SSSR count). The minimum Gasteiger partial charge on any atom is -0.383 e. The van der Waals surface area contributed by atoms with Gasteiger partial charge in [-0.2, -0.15) is 0 Å². The van der Waals surface area contributed by atoms with Gasteiger partial charge in [0.2, 0.25) is 0 Å². The van der Waals surface area contributed by atoms with E-state index in [0.29, 0.717) is 19.8 Å². The standard InChI is InChI=1S/C8H16O3/c1-7(2,3)11-6-8(9)4-10-5-8/h9H,4-6H2,1-3H3. The SMILES string of the molecule is CC(C)(C)OCC1(O)COC1. The van der Waals surface area contributed by atoms with Crippen LogP contribution in [0.1, 0.15) is 20.8 Å². The zero-order valence-electron chi connectivity index (χ0n) is 7.39. The highest BCUT2D eigenvalue weighted by Gasteiger charge is 2.37. The second kappa shape index (κ2) is 2.73. The molecule has 11 heavy (non-hydrogen) atoms. The van der Waals surface area contributed by atoms with Crippen molar-refractivity contribution in [3.05, 3.63) is 0 Å². The van der Waals surface area contributed by atoms with Crippen molar-refractivity contribution in [2.75, 3.05) is 19.8 Å². The van der Waals surface area contributed by atoms with Crippen molar-refractivity contribution in [3.8, 4) is 0 Å². The molecule has 1 aliphatic rings. The van der Waals surface area contributed by atoms with Gasteiger partial charge in [0.05, 0.1) is 25.4 Å². The summed E-state index contributed by atoms with van der Waals surface area (Å²) in [5, 5.41) is 9.52. The van der Waals surface area contributed by atoms with E-state index in [0.717, 1.165) is 0 Å². The van der Waals surface area contributed by atoms with Gasteiger partial charge in [0.15, 0.2) is 0 Å². The second-order valence-electron chi connectivity index (χ2n) is 4.12. The minimum absolute atomic E-state index is 0.175. The van der Waals surface area contributed by atoms with E-state index in [-0.39, 0.29) is 5.60 Å². The highest BCUT2D eigenvalue weighted by molar-refractivity contribution is 4.85. The predicted molar refractivity (Wildman–Crippen MR) is 41.5 cm³/mol. The first kappa shape index (κ1) is 8.97. The first-order chi connectivity index (χ1) is 4.91. The Labute approximate surface area is 67.3 Å². The molecule has 66 valence electrons. The molecule has 0 unspecified atom stereocenters. The third-order valence-electron chi connectivity index (χ3n) is 1.52. The lowest BCUT2D eigenvalue weighted by Gasteiger charge is -2.37. The van der Waals surface area contributed by atoms with Crippen LogP contribution in [0.25, 0.3) is 0 Å². The summed E-state index contributed by atoms with van der Waals surface area (Å²) in [4.78, 5) is 0. The van der Waals surface area contributed by atoms with Crippen LogP contribution in [-0.4, -0.2) is 36.1 Å². The van der Waals surface area contributed by atoms with Gasteiger partial charge in [0.1, 0.15) is 5.60 Å². The van der Waals surface area contributed by atoms with E-state index in [1.165, 1.54) is 0 Å². The fraction of sp³-hybridized carbons (Fsp3) is 1.00. The molecule has 0 saturated carbocycles. The Balaban J connectivity index is 2.21. The van der Waals surface area contributed by atoms with Crippen molar-refractivity contribution < 1.29 is 14.6 Å². The molecule has 1 fully saturated rings. The Bertz CT molecular complexity index is 133. The van der Waals surface area contributed by atoms with E-state index >= 15 is 0 Å². The molecule has 0 spiro atoms. The highest BCUT2D eigenvalue weighted by Crippen LogP contribution is 2.19. The second-order valence-corrected chi connectivity index (χ2v) is 4.12. The van der Waals surface area contributed by atoms with Crippen molar-refractivity contribution in [3.63, 3.8) is 0 Å². The van der Waals surface area contributed by atoms with Crippen LogP contribution in [0.5, 0.6) is 0 Å². The van der Waals surface area contributed by atoms with Crippen molar-refractivity contribution in [2.45, 2.75) is 32.0 Å². The molecule has 3 heteroatoms. The monoisotopic (exact) mass is 160 g/mol. The molecule has 0 bridgehead atoms. The maximum Gasteiger partial charge on any atom is 0.134 e. The van der Waals surface area contributed by atoms with Gasteiger partial charge in [0, 0.05) is 0 Å². The summed E-state index contributed by atoms with van der Waals surface area (Å²) in [7, 11) is 0. The van der Waals surface area contributed by atoms with E-state index in [1.807, 2.05) is 20.8 Å². The summed E-state index contributed by atoms with van der Waals surface area (Å²) in [6.07, 6.45) is 0. The molecule has 1 aliphatic heterocycles. The van der Waals surface area contributed by atoms with Crippen LogP contribution < -0.4 is 0 Å². The molecule has 1 saturated heterocycles. The first-order valence-corrected chi connectivity index (χ1v) is 3.85. The van der Waals surface area contributed by atoms with Gasteiger partial charge in [-0.25, -0.2) is 0 Å². The van der Waals surface area contributed by atoms with Crippen LogP contribution in [-0.2, 0) is 9.47 Å². The highest BCUT2D eigenvalue weighted by atomic mass is 16.6. The Morgan fingerprint density at radius 1 is 1.45 bits per heavy atom. The topological polar surface area (TPSA) is 38.7 Å². The molecule has 0 amide bonds. The largest absolute Gasteiger partial charge is 0.383 e. The molecule has 1 heterocycles. The first-order valence-electron chi connectivity index (χ1n) is 3.85. The van der Waals surface area contributed by atoms with Crippen molar-refractivity contribution >= 4 is 0 Å². The number of hydrogen-bond donors (Lipinski definition) is 1. The van der Waals surface area contributed by atoms with Gasteiger partial charge in [-0.15, -0.1) is 0 Å². The minimum atomic E-state index is -0.715. The molecule has 0 aromatic rings. The Morgan fingerprint density at radius 2 is 2.00 bits per heavy atom. The van der Waals surface area contributed by atoms with Crippen molar-refractivity contribution in [2.24, 2.45) is 0 Å². The predicted octanol–water partition coefficient (Wildman–Crippen LogP) is 0.563. The Hall–Kier alpha value is -0.120. The maximum absolute atomic E-state index is 9.52. The maximum atomic E-state index is 9.52. The van der Waals surface area contributed by atoms with Gasteiger partial charge in [0.25, 0.3) is 0 Å². The summed E-state index contributed by atoms with van der Waals surface area (Å²) >= 11 is 0. The number of hydrogen-bond acceptors (Lipinski definition) is 3. The molecular weight excluding hydrogens is 144 g/mol. The normalized spacial score (nSPS) is 22.9. The fourth-order valence-corrected chi connectivity index (χ4v) is 0.772. The lowest BCUT2D eigenvalue weighted by molar-refractivity contribution is -0.218. The Kier molecular flexibility index (Phi) is 2.23. The van der Waals surface area contributed by atoms with Gasteiger partial charge in [-0.3, -0.25) is 0 Å². The molecule has 3 nitrogen and oxygen atoms in total.